The first-order chi connectivity index (χ1) is 9.74. The van der Waals surface area contributed by atoms with Gasteiger partial charge in [-0.25, -0.2) is 0 Å². The van der Waals surface area contributed by atoms with E-state index < -0.39 is 6.36 Å². The summed E-state index contributed by atoms with van der Waals surface area (Å²) in [7, 11) is 0. The maximum Gasteiger partial charge on any atom is 0.573 e. The number of alkyl halides is 3. The van der Waals surface area contributed by atoms with Gasteiger partial charge in [-0.3, -0.25) is 4.79 Å². The maximum absolute atomic E-state index is 12.3. The largest absolute Gasteiger partial charge is 0.573 e. The summed E-state index contributed by atoms with van der Waals surface area (Å²) in [6, 6.07) is 5.68. The lowest BCUT2D eigenvalue weighted by Gasteiger charge is -2.19. The second-order valence-corrected chi connectivity index (χ2v) is 4.96. The van der Waals surface area contributed by atoms with Gasteiger partial charge >= 0.3 is 6.36 Å². The van der Waals surface area contributed by atoms with Crippen LogP contribution in [0.2, 0.25) is 0 Å². The van der Waals surface area contributed by atoms with Crippen molar-refractivity contribution in [1.29, 1.82) is 0 Å². The summed E-state index contributed by atoms with van der Waals surface area (Å²) >= 11 is 0. The smallest absolute Gasteiger partial charge is 0.405 e. The Morgan fingerprint density at radius 3 is 2.48 bits per heavy atom. The zero-order valence-electron chi connectivity index (χ0n) is 11.9. The third-order valence-corrected chi connectivity index (χ3v) is 3.05. The highest BCUT2D eigenvalue weighted by molar-refractivity contribution is 5.79. The molecular weight excluding hydrogens is 285 g/mol. The summed E-state index contributed by atoms with van der Waals surface area (Å²) in [5, 5.41) is 2.59. The Morgan fingerprint density at radius 2 is 1.95 bits per heavy atom. The lowest BCUT2D eigenvalue weighted by molar-refractivity contribution is -0.274. The van der Waals surface area contributed by atoms with E-state index >= 15 is 0 Å². The molecule has 3 N–H and O–H groups in total. The fraction of sp³-hybridized carbons (Fsp3) is 0.500. The minimum atomic E-state index is -4.77. The summed E-state index contributed by atoms with van der Waals surface area (Å²) in [5.74, 6) is -0.925. The molecule has 0 aliphatic carbocycles. The minimum absolute atomic E-state index is 0.0473. The van der Waals surface area contributed by atoms with Gasteiger partial charge in [0.2, 0.25) is 5.91 Å². The van der Waals surface area contributed by atoms with Crippen molar-refractivity contribution in [2.24, 2.45) is 17.6 Å². The average Bonchev–Trinajstić information content (AvgIpc) is 2.36. The van der Waals surface area contributed by atoms with Gasteiger partial charge in [0.1, 0.15) is 5.75 Å². The van der Waals surface area contributed by atoms with Crippen molar-refractivity contribution in [2.75, 3.05) is 6.54 Å². The third-order valence-electron chi connectivity index (χ3n) is 3.05. The van der Waals surface area contributed by atoms with Gasteiger partial charge in [0.15, 0.2) is 0 Å². The summed E-state index contributed by atoms with van der Waals surface area (Å²) in [6.45, 7) is 3.86. The molecule has 1 aromatic rings. The van der Waals surface area contributed by atoms with Gasteiger partial charge in [0.25, 0.3) is 0 Å². The van der Waals surface area contributed by atoms with E-state index in [-0.39, 0.29) is 42.1 Å². The minimum Gasteiger partial charge on any atom is -0.405 e. The number of benzene rings is 1. The number of carbonyl (C=O) groups is 1. The van der Waals surface area contributed by atoms with Crippen LogP contribution >= 0.6 is 0 Å². The molecule has 0 radical (unpaired) electrons. The Hall–Kier alpha value is -1.76. The van der Waals surface area contributed by atoms with Crippen LogP contribution in [0, 0.1) is 11.8 Å². The van der Waals surface area contributed by atoms with Crippen molar-refractivity contribution in [3.05, 3.63) is 29.8 Å². The van der Waals surface area contributed by atoms with E-state index in [2.05, 4.69) is 10.1 Å². The molecule has 0 aliphatic heterocycles. The van der Waals surface area contributed by atoms with Gasteiger partial charge in [-0.05, 0) is 12.0 Å². The standard InChI is InChI=1S/C14H19F3N2O2/c1-9(2)11(7-18)13(20)19-8-10-5-3-4-6-12(10)21-14(15,16)17/h3-6,9,11H,7-8,18H2,1-2H3,(H,19,20). The van der Waals surface area contributed by atoms with E-state index in [9.17, 15) is 18.0 Å². The van der Waals surface area contributed by atoms with Gasteiger partial charge in [0, 0.05) is 18.7 Å². The highest BCUT2D eigenvalue weighted by atomic mass is 19.4. The monoisotopic (exact) mass is 304 g/mol. The van der Waals surface area contributed by atoms with Crippen LogP contribution in [-0.2, 0) is 11.3 Å². The van der Waals surface area contributed by atoms with Crippen molar-refractivity contribution in [3.8, 4) is 5.75 Å². The molecule has 0 saturated heterocycles. The van der Waals surface area contributed by atoms with Crippen molar-refractivity contribution >= 4 is 5.91 Å². The van der Waals surface area contributed by atoms with E-state index in [0.717, 1.165) is 0 Å². The van der Waals surface area contributed by atoms with E-state index in [1.54, 1.807) is 6.07 Å². The maximum atomic E-state index is 12.3. The molecule has 0 aliphatic rings. The fourth-order valence-corrected chi connectivity index (χ4v) is 1.87. The topological polar surface area (TPSA) is 64.4 Å². The van der Waals surface area contributed by atoms with Crippen LogP contribution in [0.1, 0.15) is 19.4 Å². The Labute approximate surface area is 121 Å². The van der Waals surface area contributed by atoms with Crippen LogP contribution in [0.25, 0.3) is 0 Å². The van der Waals surface area contributed by atoms with Crippen LogP contribution < -0.4 is 15.8 Å². The summed E-state index contributed by atoms with van der Waals surface area (Å²) in [5.41, 5.74) is 5.77. The molecule has 0 heterocycles. The number of para-hydroxylation sites is 1. The van der Waals surface area contributed by atoms with Crippen LogP contribution in [0.15, 0.2) is 24.3 Å². The summed E-state index contributed by atoms with van der Waals surface area (Å²) < 4.78 is 40.8. The van der Waals surface area contributed by atoms with Crippen molar-refractivity contribution in [2.45, 2.75) is 26.8 Å². The summed E-state index contributed by atoms with van der Waals surface area (Å²) in [6.07, 6.45) is -4.77. The number of nitrogens with two attached hydrogens (primary N) is 1. The van der Waals surface area contributed by atoms with Crippen LogP contribution in [0.3, 0.4) is 0 Å². The van der Waals surface area contributed by atoms with Gasteiger partial charge < -0.3 is 15.8 Å². The first-order valence-corrected chi connectivity index (χ1v) is 6.56. The molecule has 1 atom stereocenters. The number of carbonyl (C=O) groups excluding carboxylic acids is 1. The molecule has 1 aromatic carbocycles. The van der Waals surface area contributed by atoms with E-state index in [4.69, 9.17) is 5.73 Å². The number of rotatable bonds is 6. The molecule has 1 rings (SSSR count). The molecule has 0 spiro atoms. The van der Waals surface area contributed by atoms with Crippen molar-refractivity contribution in [3.63, 3.8) is 0 Å². The first-order valence-electron chi connectivity index (χ1n) is 6.56. The van der Waals surface area contributed by atoms with Crippen LogP contribution in [0.4, 0.5) is 13.2 Å². The number of ether oxygens (including phenoxy) is 1. The van der Waals surface area contributed by atoms with Crippen LogP contribution in [-0.4, -0.2) is 18.8 Å². The molecule has 0 bridgehead atoms. The predicted molar refractivity (Wildman–Crippen MR) is 72.4 cm³/mol. The quantitative estimate of drug-likeness (QED) is 0.848. The molecule has 118 valence electrons. The molecule has 0 fully saturated rings. The second-order valence-electron chi connectivity index (χ2n) is 4.96. The summed E-state index contributed by atoms with van der Waals surface area (Å²) in [4.78, 5) is 11.9. The molecule has 7 heteroatoms. The van der Waals surface area contributed by atoms with Crippen LogP contribution in [0.5, 0.6) is 5.75 Å². The molecule has 21 heavy (non-hydrogen) atoms. The van der Waals surface area contributed by atoms with Gasteiger partial charge in [-0.15, -0.1) is 13.2 Å². The van der Waals surface area contributed by atoms with Gasteiger partial charge in [-0.2, -0.15) is 0 Å². The Kier molecular flexibility index (Phi) is 6.02. The molecule has 4 nitrogen and oxygen atoms in total. The number of hydrogen-bond acceptors (Lipinski definition) is 3. The Bertz CT molecular complexity index is 476. The lowest BCUT2D eigenvalue weighted by Crippen LogP contribution is -2.37. The lowest BCUT2D eigenvalue weighted by atomic mass is 9.95. The number of hydrogen-bond donors (Lipinski definition) is 2. The molecular formula is C14H19F3N2O2. The molecule has 0 saturated carbocycles. The van der Waals surface area contributed by atoms with E-state index in [0.29, 0.717) is 0 Å². The van der Waals surface area contributed by atoms with Gasteiger partial charge in [0.05, 0.1) is 5.92 Å². The third kappa shape index (κ3) is 5.63. The highest BCUT2D eigenvalue weighted by Crippen LogP contribution is 2.26. The zero-order valence-corrected chi connectivity index (χ0v) is 11.9. The first kappa shape index (κ1) is 17.3. The Morgan fingerprint density at radius 1 is 1.33 bits per heavy atom. The van der Waals surface area contributed by atoms with Gasteiger partial charge in [-0.1, -0.05) is 32.0 Å². The second kappa shape index (κ2) is 7.31. The predicted octanol–water partition coefficient (Wildman–Crippen LogP) is 2.43. The molecule has 1 amide bonds. The van der Waals surface area contributed by atoms with E-state index in [1.165, 1.54) is 18.2 Å². The number of nitrogens with one attached hydrogen (secondary N) is 1. The fourth-order valence-electron chi connectivity index (χ4n) is 1.87. The Balaban J connectivity index is 2.73. The number of amides is 1. The molecule has 1 unspecified atom stereocenters. The highest BCUT2D eigenvalue weighted by Gasteiger charge is 2.32. The normalized spacial score (nSPS) is 13.1. The zero-order chi connectivity index (χ0) is 16.0. The molecule has 0 aromatic heterocycles. The van der Waals surface area contributed by atoms with Crippen molar-refractivity contribution < 1.29 is 22.7 Å². The van der Waals surface area contributed by atoms with Crippen molar-refractivity contribution in [1.82, 2.24) is 5.32 Å². The SMILES string of the molecule is CC(C)C(CN)C(=O)NCc1ccccc1OC(F)(F)F. The average molecular weight is 304 g/mol. The number of halogens is 3. The van der Waals surface area contributed by atoms with E-state index in [1.807, 2.05) is 13.8 Å².